The van der Waals surface area contributed by atoms with Gasteiger partial charge in [-0.25, -0.2) is 0 Å². The van der Waals surface area contributed by atoms with Crippen LogP contribution in [0.3, 0.4) is 0 Å². The molecule has 0 fully saturated rings. The maximum absolute atomic E-state index is 12.5. The number of fused-ring (bicyclic) bond motifs is 1. The molecule has 23 heavy (non-hydrogen) atoms. The molecule has 1 aliphatic heterocycles. The lowest BCUT2D eigenvalue weighted by atomic mass is 10.00. The monoisotopic (exact) mass is 309 g/mol. The van der Waals surface area contributed by atoms with E-state index in [0.717, 1.165) is 24.2 Å². The van der Waals surface area contributed by atoms with Crippen LogP contribution in [0.4, 0.5) is 5.69 Å². The van der Waals surface area contributed by atoms with E-state index in [4.69, 9.17) is 9.47 Å². The number of benzene rings is 2. The Labute approximate surface area is 135 Å². The van der Waals surface area contributed by atoms with Crippen LogP contribution in [0.25, 0.3) is 0 Å². The van der Waals surface area contributed by atoms with Gasteiger partial charge in [-0.2, -0.15) is 0 Å². The van der Waals surface area contributed by atoms with Crippen LogP contribution in [0.2, 0.25) is 0 Å². The number of rotatable bonds is 4. The average molecular weight is 309 g/mol. The van der Waals surface area contributed by atoms with Gasteiger partial charge in [0.05, 0.1) is 14.2 Å². The summed E-state index contributed by atoms with van der Waals surface area (Å²) >= 11 is 0. The molecule has 4 heteroatoms. The second kappa shape index (κ2) is 6.57. The Balaban J connectivity index is 1.82. The van der Waals surface area contributed by atoms with Crippen LogP contribution >= 0.6 is 0 Å². The number of para-hydroxylation sites is 1. The number of anilines is 1. The lowest BCUT2D eigenvalue weighted by Gasteiger charge is -2.20. The summed E-state index contributed by atoms with van der Waals surface area (Å²) in [5, 5.41) is 3.33. The summed E-state index contributed by atoms with van der Waals surface area (Å²) in [6.45, 7) is 0. The Morgan fingerprint density at radius 1 is 1.04 bits per heavy atom. The van der Waals surface area contributed by atoms with Crippen molar-refractivity contribution in [1.29, 1.82) is 0 Å². The lowest BCUT2D eigenvalue weighted by molar-refractivity contribution is 0.104. The summed E-state index contributed by atoms with van der Waals surface area (Å²) in [6.07, 6.45) is 3.43. The summed E-state index contributed by atoms with van der Waals surface area (Å²) < 4.78 is 10.4. The summed E-state index contributed by atoms with van der Waals surface area (Å²) in [7, 11) is 3.13. The van der Waals surface area contributed by atoms with E-state index < -0.39 is 0 Å². The fourth-order valence-corrected chi connectivity index (χ4v) is 2.70. The SMILES string of the molecule is COc1ccc(C(=O)/C=C2/CCc3ccccc3N2)cc1OC. The Morgan fingerprint density at radius 2 is 1.83 bits per heavy atom. The third-order valence-electron chi connectivity index (χ3n) is 3.95. The van der Waals surface area contributed by atoms with Crippen molar-refractivity contribution in [2.75, 3.05) is 19.5 Å². The predicted molar refractivity (Wildman–Crippen MR) is 90.3 cm³/mol. The zero-order chi connectivity index (χ0) is 16.2. The quantitative estimate of drug-likeness (QED) is 0.689. The molecule has 4 nitrogen and oxygen atoms in total. The molecular formula is C19H19NO3. The van der Waals surface area contributed by atoms with Crippen molar-refractivity contribution in [2.45, 2.75) is 12.8 Å². The second-order valence-electron chi connectivity index (χ2n) is 5.39. The summed E-state index contributed by atoms with van der Waals surface area (Å²) in [5.74, 6) is 1.12. The number of carbonyl (C=O) groups excluding carboxylic acids is 1. The zero-order valence-electron chi connectivity index (χ0n) is 13.3. The number of hydrogen-bond donors (Lipinski definition) is 1. The number of ketones is 1. The molecule has 2 aromatic rings. The molecule has 0 aromatic heterocycles. The highest BCUT2D eigenvalue weighted by Crippen LogP contribution is 2.29. The van der Waals surface area contributed by atoms with Crippen LogP contribution in [-0.4, -0.2) is 20.0 Å². The second-order valence-corrected chi connectivity index (χ2v) is 5.39. The molecular weight excluding hydrogens is 290 g/mol. The van der Waals surface area contributed by atoms with Gasteiger partial charge in [-0.15, -0.1) is 0 Å². The molecule has 0 bridgehead atoms. The Morgan fingerprint density at radius 3 is 2.61 bits per heavy atom. The van der Waals surface area contributed by atoms with Crippen LogP contribution in [0, 0.1) is 0 Å². The summed E-state index contributed by atoms with van der Waals surface area (Å²) in [6, 6.07) is 13.4. The van der Waals surface area contributed by atoms with Gasteiger partial charge in [0.15, 0.2) is 17.3 Å². The van der Waals surface area contributed by atoms with E-state index in [2.05, 4.69) is 11.4 Å². The molecule has 0 saturated heterocycles. The van der Waals surface area contributed by atoms with Crippen LogP contribution in [0.1, 0.15) is 22.3 Å². The third-order valence-corrected chi connectivity index (χ3v) is 3.95. The molecule has 2 aromatic carbocycles. The van der Waals surface area contributed by atoms with E-state index in [-0.39, 0.29) is 5.78 Å². The molecule has 0 unspecified atom stereocenters. The van der Waals surface area contributed by atoms with Crippen LogP contribution in [-0.2, 0) is 6.42 Å². The topological polar surface area (TPSA) is 47.6 Å². The first kappa shape index (κ1) is 15.2. The molecule has 0 saturated carbocycles. The number of hydrogen-bond acceptors (Lipinski definition) is 4. The van der Waals surface area contributed by atoms with Gasteiger partial charge < -0.3 is 14.8 Å². The lowest BCUT2D eigenvalue weighted by Crippen LogP contribution is -2.11. The van der Waals surface area contributed by atoms with Crippen molar-refractivity contribution in [3.8, 4) is 11.5 Å². The van der Waals surface area contributed by atoms with Gasteiger partial charge in [0, 0.05) is 23.0 Å². The van der Waals surface area contributed by atoms with Gasteiger partial charge >= 0.3 is 0 Å². The molecule has 3 rings (SSSR count). The molecule has 0 radical (unpaired) electrons. The Bertz CT molecular complexity index is 765. The molecule has 1 heterocycles. The molecule has 0 atom stereocenters. The highest BCUT2D eigenvalue weighted by atomic mass is 16.5. The van der Waals surface area contributed by atoms with Crippen LogP contribution in [0.15, 0.2) is 54.2 Å². The first-order chi connectivity index (χ1) is 11.2. The Hall–Kier alpha value is -2.75. The summed E-state index contributed by atoms with van der Waals surface area (Å²) in [4.78, 5) is 12.5. The summed E-state index contributed by atoms with van der Waals surface area (Å²) in [5.41, 5.74) is 3.87. The molecule has 0 aliphatic carbocycles. The largest absolute Gasteiger partial charge is 0.493 e. The standard InChI is InChI=1S/C19H19NO3/c1-22-18-10-8-14(11-19(18)23-2)17(21)12-15-9-7-13-5-3-4-6-16(13)20-15/h3-6,8,10-12,20H,7,9H2,1-2H3/b15-12-. The minimum absolute atomic E-state index is 0.0483. The number of ether oxygens (including phenoxy) is 2. The first-order valence-electron chi connectivity index (χ1n) is 7.53. The fraction of sp³-hybridized carbons (Fsp3) is 0.211. The van der Waals surface area contributed by atoms with E-state index in [1.807, 2.05) is 18.2 Å². The fourth-order valence-electron chi connectivity index (χ4n) is 2.70. The minimum Gasteiger partial charge on any atom is -0.493 e. The van der Waals surface area contributed by atoms with Crippen molar-refractivity contribution in [3.05, 3.63) is 65.4 Å². The van der Waals surface area contributed by atoms with E-state index in [1.54, 1.807) is 38.5 Å². The number of carbonyl (C=O) groups is 1. The maximum atomic E-state index is 12.5. The van der Waals surface area contributed by atoms with Gasteiger partial charge in [0.25, 0.3) is 0 Å². The van der Waals surface area contributed by atoms with Gasteiger partial charge in [0.2, 0.25) is 0 Å². The number of methoxy groups -OCH3 is 2. The van der Waals surface area contributed by atoms with Gasteiger partial charge in [-0.05, 0) is 42.7 Å². The highest BCUT2D eigenvalue weighted by Gasteiger charge is 2.14. The minimum atomic E-state index is -0.0483. The predicted octanol–water partition coefficient (Wildman–Crippen LogP) is 3.83. The van der Waals surface area contributed by atoms with Crippen molar-refractivity contribution in [3.63, 3.8) is 0 Å². The van der Waals surface area contributed by atoms with Gasteiger partial charge in [-0.1, -0.05) is 18.2 Å². The first-order valence-corrected chi connectivity index (χ1v) is 7.53. The van der Waals surface area contributed by atoms with Crippen LogP contribution in [0.5, 0.6) is 11.5 Å². The van der Waals surface area contributed by atoms with E-state index in [9.17, 15) is 4.79 Å². The van der Waals surface area contributed by atoms with E-state index >= 15 is 0 Å². The molecule has 118 valence electrons. The molecule has 1 N–H and O–H groups in total. The smallest absolute Gasteiger partial charge is 0.187 e. The van der Waals surface area contributed by atoms with Crippen molar-refractivity contribution in [2.24, 2.45) is 0 Å². The van der Waals surface area contributed by atoms with E-state index in [0.29, 0.717) is 17.1 Å². The van der Waals surface area contributed by atoms with Crippen molar-refractivity contribution >= 4 is 11.5 Å². The number of aryl methyl sites for hydroxylation is 1. The number of allylic oxidation sites excluding steroid dienone is 2. The van der Waals surface area contributed by atoms with Gasteiger partial charge in [-0.3, -0.25) is 4.79 Å². The average Bonchev–Trinajstić information content (AvgIpc) is 2.60. The van der Waals surface area contributed by atoms with Crippen molar-refractivity contribution < 1.29 is 14.3 Å². The van der Waals surface area contributed by atoms with E-state index in [1.165, 1.54) is 5.56 Å². The van der Waals surface area contributed by atoms with Crippen LogP contribution < -0.4 is 14.8 Å². The number of nitrogens with one attached hydrogen (secondary N) is 1. The molecule has 1 aliphatic rings. The Kier molecular flexibility index (Phi) is 4.33. The molecule has 0 amide bonds. The maximum Gasteiger partial charge on any atom is 0.187 e. The highest BCUT2D eigenvalue weighted by molar-refractivity contribution is 6.05. The third kappa shape index (κ3) is 3.21. The normalized spacial score (nSPS) is 14.8. The van der Waals surface area contributed by atoms with Crippen molar-refractivity contribution in [1.82, 2.24) is 0 Å². The molecule has 0 spiro atoms. The van der Waals surface area contributed by atoms with Gasteiger partial charge in [0.1, 0.15) is 0 Å². The zero-order valence-corrected chi connectivity index (χ0v) is 13.3.